The van der Waals surface area contributed by atoms with Crippen molar-refractivity contribution in [1.82, 2.24) is 10.3 Å². The van der Waals surface area contributed by atoms with Gasteiger partial charge in [-0.2, -0.15) is 0 Å². The molecule has 0 spiro atoms. The van der Waals surface area contributed by atoms with Crippen LogP contribution in [0.2, 0.25) is 0 Å². The Kier molecular flexibility index (Phi) is 5.73. The van der Waals surface area contributed by atoms with E-state index in [1.807, 2.05) is 36.5 Å². The molecule has 6 heteroatoms. The molecule has 2 heterocycles. The third-order valence-electron chi connectivity index (χ3n) is 6.16. The summed E-state index contributed by atoms with van der Waals surface area (Å²) in [4.78, 5) is 16.4. The first-order valence-corrected chi connectivity index (χ1v) is 11.1. The Balaban J connectivity index is 1.40. The van der Waals surface area contributed by atoms with E-state index in [9.17, 15) is 9.18 Å². The predicted octanol–water partition coefficient (Wildman–Crippen LogP) is 5.44. The lowest BCUT2D eigenvalue weighted by atomic mass is 9.87. The van der Waals surface area contributed by atoms with Gasteiger partial charge in [0.1, 0.15) is 5.82 Å². The highest BCUT2D eigenvalue weighted by molar-refractivity contribution is 5.88. The van der Waals surface area contributed by atoms with E-state index in [0.29, 0.717) is 18.0 Å². The number of fused-ring (bicyclic) bond motifs is 2. The van der Waals surface area contributed by atoms with Gasteiger partial charge in [0.25, 0.3) is 0 Å². The van der Waals surface area contributed by atoms with E-state index in [1.54, 1.807) is 6.07 Å². The summed E-state index contributed by atoms with van der Waals surface area (Å²) < 4.78 is 24.8. The molecular formula is C27H25FN2O3. The van der Waals surface area contributed by atoms with E-state index < -0.39 is 0 Å². The highest BCUT2D eigenvalue weighted by atomic mass is 19.1. The summed E-state index contributed by atoms with van der Waals surface area (Å²) >= 11 is 0. The van der Waals surface area contributed by atoms with Crippen molar-refractivity contribution in [1.29, 1.82) is 0 Å². The monoisotopic (exact) mass is 444 g/mol. The number of nitrogens with one attached hydrogen (secondary N) is 2. The van der Waals surface area contributed by atoms with Crippen molar-refractivity contribution in [3.8, 4) is 11.5 Å². The van der Waals surface area contributed by atoms with E-state index >= 15 is 0 Å². The lowest BCUT2D eigenvalue weighted by molar-refractivity contribution is -0.121. The number of aromatic amines is 1. The zero-order valence-electron chi connectivity index (χ0n) is 18.4. The molecule has 5 nitrogen and oxygen atoms in total. The SMILES string of the molecule is CCc1cccc2c([C@H](CC(=O)NCc3ccc4c(c3)OCO4)c3cccc(F)c3)c[nH]c12. The van der Waals surface area contributed by atoms with Crippen molar-refractivity contribution in [2.75, 3.05) is 6.79 Å². The van der Waals surface area contributed by atoms with E-state index in [-0.39, 0.29) is 30.9 Å². The normalized spacial score (nSPS) is 13.3. The van der Waals surface area contributed by atoms with Gasteiger partial charge in [0.2, 0.25) is 12.7 Å². The first-order valence-electron chi connectivity index (χ1n) is 11.1. The van der Waals surface area contributed by atoms with Crippen LogP contribution in [0.3, 0.4) is 0 Å². The molecule has 3 aromatic carbocycles. The maximum absolute atomic E-state index is 14.1. The number of hydrogen-bond acceptors (Lipinski definition) is 3. The third kappa shape index (κ3) is 4.29. The van der Waals surface area contributed by atoms with Crippen LogP contribution in [0.1, 0.15) is 41.5 Å². The van der Waals surface area contributed by atoms with Gasteiger partial charge in [-0.1, -0.05) is 43.3 Å². The maximum Gasteiger partial charge on any atom is 0.231 e. The summed E-state index contributed by atoms with van der Waals surface area (Å²) in [6.45, 7) is 2.70. The summed E-state index contributed by atoms with van der Waals surface area (Å²) in [6, 6.07) is 18.3. The Morgan fingerprint density at radius 2 is 1.94 bits per heavy atom. The van der Waals surface area contributed by atoms with Crippen LogP contribution in [0.25, 0.3) is 10.9 Å². The average molecular weight is 445 g/mol. The standard InChI is InChI=1S/C27H25FN2O3/c1-2-18-5-4-8-21-23(15-30-27(18)21)22(19-6-3-7-20(28)12-19)13-26(31)29-14-17-9-10-24-25(11-17)33-16-32-24/h3-12,15,22,30H,2,13-14,16H2,1H3,(H,29,31)/t22-/m1/s1. The molecule has 1 aliphatic heterocycles. The molecule has 1 aliphatic rings. The molecule has 33 heavy (non-hydrogen) atoms. The summed E-state index contributed by atoms with van der Waals surface area (Å²) in [7, 11) is 0. The zero-order valence-corrected chi connectivity index (χ0v) is 18.4. The molecule has 5 rings (SSSR count). The number of aromatic nitrogens is 1. The topological polar surface area (TPSA) is 63.4 Å². The molecular weight excluding hydrogens is 419 g/mol. The third-order valence-corrected chi connectivity index (χ3v) is 6.16. The number of aryl methyl sites for hydroxylation is 1. The Labute approximate surface area is 191 Å². The Morgan fingerprint density at radius 3 is 2.79 bits per heavy atom. The van der Waals surface area contributed by atoms with Gasteiger partial charge in [-0.15, -0.1) is 0 Å². The summed E-state index contributed by atoms with van der Waals surface area (Å²) in [6.07, 6.45) is 3.06. The second-order valence-electron chi connectivity index (χ2n) is 8.21. The van der Waals surface area contributed by atoms with Crippen molar-refractivity contribution in [2.45, 2.75) is 32.2 Å². The number of rotatable bonds is 7. The van der Waals surface area contributed by atoms with Gasteiger partial charge in [0, 0.05) is 36.0 Å². The average Bonchev–Trinajstić information content (AvgIpc) is 3.47. The molecule has 0 saturated heterocycles. The van der Waals surface area contributed by atoms with Gasteiger partial charge in [-0.3, -0.25) is 4.79 Å². The fourth-order valence-corrected chi connectivity index (χ4v) is 4.46. The molecule has 0 unspecified atom stereocenters. The summed E-state index contributed by atoms with van der Waals surface area (Å²) in [5.74, 6) is 0.695. The number of H-pyrrole nitrogens is 1. The lowest BCUT2D eigenvalue weighted by Crippen LogP contribution is -2.25. The summed E-state index contributed by atoms with van der Waals surface area (Å²) in [5.41, 5.74) is 4.97. The predicted molar refractivity (Wildman–Crippen MR) is 125 cm³/mol. The molecule has 2 N–H and O–H groups in total. The van der Waals surface area contributed by atoms with E-state index in [2.05, 4.69) is 29.4 Å². The van der Waals surface area contributed by atoms with Gasteiger partial charge in [0.15, 0.2) is 11.5 Å². The number of hydrogen-bond donors (Lipinski definition) is 2. The molecule has 0 fully saturated rings. The van der Waals surface area contributed by atoms with Gasteiger partial charge in [-0.25, -0.2) is 4.39 Å². The summed E-state index contributed by atoms with van der Waals surface area (Å²) in [5, 5.41) is 4.06. The number of para-hydroxylation sites is 1. The van der Waals surface area contributed by atoms with Gasteiger partial charge in [0.05, 0.1) is 0 Å². The van der Waals surface area contributed by atoms with Crippen LogP contribution < -0.4 is 14.8 Å². The van der Waals surface area contributed by atoms with Crippen LogP contribution in [0.5, 0.6) is 11.5 Å². The number of carbonyl (C=O) groups is 1. The second-order valence-corrected chi connectivity index (χ2v) is 8.21. The van der Waals surface area contributed by atoms with Crippen LogP contribution in [0, 0.1) is 5.82 Å². The minimum Gasteiger partial charge on any atom is -0.454 e. The largest absolute Gasteiger partial charge is 0.454 e. The number of halogens is 1. The Bertz CT molecular complexity index is 1310. The number of benzene rings is 3. The number of amides is 1. The van der Waals surface area contributed by atoms with Crippen molar-refractivity contribution < 1.29 is 18.7 Å². The second kappa shape index (κ2) is 8.98. The van der Waals surface area contributed by atoms with Crippen LogP contribution in [0.4, 0.5) is 4.39 Å². The van der Waals surface area contributed by atoms with Crippen LogP contribution in [0.15, 0.2) is 66.9 Å². The van der Waals surface area contributed by atoms with Crippen molar-refractivity contribution in [3.05, 3.63) is 94.9 Å². The van der Waals surface area contributed by atoms with Gasteiger partial charge < -0.3 is 19.8 Å². The fourth-order valence-electron chi connectivity index (χ4n) is 4.46. The van der Waals surface area contributed by atoms with Crippen LogP contribution in [-0.2, 0) is 17.8 Å². The molecule has 1 amide bonds. The smallest absolute Gasteiger partial charge is 0.231 e. The maximum atomic E-state index is 14.1. The molecule has 168 valence electrons. The molecule has 0 aliphatic carbocycles. The van der Waals surface area contributed by atoms with E-state index in [4.69, 9.17) is 9.47 Å². The highest BCUT2D eigenvalue weighted by Gasteiger charge is 2.23. The van der Waals surface area contributed by atoms with Crippen LogP contribution in [-0.4, -0.2) is 17.7 Å². The quantitative estimate of drug-likeness (QED) is 0.399. The zero-order chi connectivity index (χ0) is 22.8. The van der Waals surface area contributed by atoms with Crippen LogP contribution >= 0.6 is 0 Å². The minimum absolute atomic E-state index is 0.108. The number of carbonyl (C=O) groups excluding carboxylic acids is 1. The molecule has 0 bridgehead atoms. The number of ether oxygens (including phenoxy) is 2. The highest BCUT2D eigenvalue weighted by Crippen LogP contribution is 2.35. The van der Waals surface area contributed by atoms with E-state index in [1.165, 1.54) is 17.7 Å². The minimum atomic E-state index is -0.313. The Hall–Kier alpha value is -3.80. The molecule has 1 aromatic heterocycles. The first-order chi connectivity index (χ1) is 16.1. The fraction of sp³-hybridized carbons (Fsp3) is 0.222. The van der Waals surface area contributed by atoms with E-state index in [0.717, 1.165) is 34.0 Å². The van der Waals surface area contributed by atoms with Crippen molar-refractivity contribution in [3.63, 3.8) is 0 Å². The van der Waals surface area contributed by atoms with Crippen molar-refractivity contribution >= 4 is 16.8 Å². The first kappa shape index (κ1) is 21.1. The Morgan fingerprint density at radius 1 is 1.09 bits per heavy atom. The lowest BCUT2D eigenvalue weighted by Gasteiger charge is -2.18. The molecule has 1 atom stereocenters. The molecule has 4 aromatic rings. The van der Waals surface area contributed by atoms with Gasteiger partial charge in [-0.05, 0) is 52.9 Å². The molecule has 0 saturated carbocycles. The van der Waals surface area contributed by atoms with Gasteiger partial charge >= 0.3 is 0 Å². The molecule has 0 radical (unpaired) electrons. The van der Waals surface area contributed by atoms with Crippen molar-refractivity contribution in [2.24, 2.45) is 0 Å².